The van der Waals surface area contributed by atoms with E-state index in [9.17, 15) is 14.4 Å². The number of amides is 2. The van der Waals surface area contributed by atoms with Gasteiger partial charge in [-0.2, -0.15) is 0 Å². The van der Waals surface area contributed by atoms with E-state index in [1.807, 2.05) is 68.4 Å². The minimum absolute atomic E-state index is 0.171. The molecule has 2 N–H and O–H groups in total. The zero-order chi connectivity index (χ0) is 22.8. The van der Waals surface area contributed by atoms with Crippen LogP contribution >= 0.6 is 0 Å². The molecule has 0 spiro atoms. The summed E-state index contributed by atoms with van der Waals surface area (Å²) in [5, 5.41) is 5.54. The van der Waals surface area contributed by atoms with Crippen molar-refractivity contribution in [2.45, 2.75) is 52.5 Å². The van der Waals surface area contributed by atoms with Crippen molar-refractivity contribution < 1.29 is 19.1 Å². The van der Waals surface area contributed by atoms with Crippen molar-refractivity contribution >= 4 is 23.5 Å². The van der Waals surface area contributed by atoms with Crippen LogP contribution < -0.4 is 10.6 Å². The smallest absolute Gasteiger partial charge is 0.329 e. The highest BCUT2D eigenvalue weighted by Crippen LogP contribution is 2.26. The van der Waals surface area contributed by atoms with Crippen molar-refractivity contribution in [3.63, 3.8) is 0 Å². The summed E-state index contributed by atoms with van der Waals surface area (Å²) in [4.78, 5) is 37.2. The normalized spacial score (nSPS) is 12.7. The highest BCUT2D eigenvalue weighted by molar-refractivity contribution is 5.94. The first-order chi connectivity index (χ1) is 14.8. The SMILES string of the molecule is CC[C@@H](C)c1ccccc1NC(=O)COC(=O)[C@@H](NC(=O)Cc1ccccc1)C(C)C. The molecule has 6 heteroatoms. The molecule has 0 aliphatic carbocycles. The maximum Gasteiger partial charge on any atom is 0.329 e. The fraction of sp³-hybridized carbons (Fsp3) is 0.400. The number of hydrogen-bond donors (Lipinski definition) is 2. The Morgan fingerprint density at radius 1 is 0.903 bits per heavy atom. The van der Waals surface area contributed by atoms with Gasteiger partial charge in [-0.3, -0.25) is 9.59 Å². The largest absolute Gasteiger partial charge is 0.454 e. The number of carbonyl (C=O) groups is 3. The first-order valence-electron chi connectivity index (χ1n) is 10.7. The lowest BCUT2D eigenvalue weighted by Gasteiger charge is -2.21. The lowest BCUT2D eigenvalue weighted by atomic mass is 9.97. The molecule has 0 saturated heterocycles. The number of hydrogen-bond acceptors (Lipinski definition) is 4. The summed E-state index contributed by atoms with van der Waals surface area (Å²) in [6.45, 7) is 7.40. The number of rotatable bonds is 10. The molecule has 0 bridgehead atoms. The van der Waals surface area contributed by atoms with E-state index in [0.717, 1.165) is 23.2 Å². The first-order valence-corrected chi connectivity index (χ1v) is 10.7. The quantitative estimate of drug-likeness (QED) is 0.563. The van der Waals surface area contributed by atoms with Crippen LogP contribution in [0.1, 0.15) is 51.2 Å². The molecular formula is C25H32N2O4. The Bertz CT molecular complexity index is 880. The lowest BCUT2D eigenvalue weighted by molar-refractivity contribution is -0.151. The van der Waals surface area contributed by atoms with E-state index in [0.29, 0.717) is 5.92 Å². The Kier molecular flexibility index (Phi) is 9.25. The van der Waals surface area contributed by atoms with E-state index in [4.69, 9.17) is 4.74 Å². The lowest BCUT2D eigenvalue weighted by Crippen LogP contribution is -2.46. The van der Waals surface area contributed by atoms with Crippen molar-refractivity contribution in [2.75, 3.05) is 11.9 Å². The molecule has 2 rings (SSSR count). The molecular weight excluding hydrogens is 392 g/mol. The van der Waals surface area contributed by atoms with Crippen molar-refractivity contribution in [3.8, 4) is 0 Å². The van der Waals surface area contributed by atoms with Crippen LogP contribution in [0.15, 0.2) is 54.6 Å². The number of esters is 1. The van der Waals surface area contributed by atoms with Gasteiger partial charge in [-0.25, -0.2) is 4.79 Å². The fourth-order valence-electron chi connectivity index (χ4n) is 3.18. The van der Waals surface area contributed by atoms with Crippen molar-refractivity contribution in [1.29, 1.82) is 0 Å². The van der Waals surface area contributed by atoms with Gasteiger partial charge < -0.3 is 15.4 Å². The van der Waals surface area contributed by atoms with Gasteiger partial charge in [-0.05, 0) is 35.4 Å². The maximum atomic E-state index is 12.5. The van der Waals surface area contributed by atoms with Crippen molar-refractivity contribution in [2.24, 2.45) is 5.92 Å². The maximum absolute atomic E-state index is 12.5. The van der Waals surface area contributed by atoms with E-state index in [-0.39, 0.29) is 18.2 Å². The summed E-state index contributed by atoms with van der Waals surface area (Å²) >= 11 is 0. The van der Waals surface area contributed by atoms with Crippen LogP contribution in [0.2, 0.25) is 0 Å². The second-order valence-electron chi connectivity index (χ2n) is 8.00. The minimum atomic E-state index is -0.823. The molecule has 2 atom stereocenters. The predicted octanol–water partition coefficient (Wildman–Crippen LogP) is 4.07. The molecule has 0 aromatic heterocycles. The van der Waals surface area contributed by atoms with Gasteiger partial charge in [0.25, 0.3) is 5.91 Å². The number of para-hydroxylation sites is 1. The second kappa shape index (κ2) is 11.9. The summed E-state index contributed by atoms with van der Waals surface area (Å²) in [7, 11) is 0. The molecule has 0 unspecified atom stereocenters. The first kappa shape index (κ1) is 24.1. The summed E-state index contributed by atoms with van der Waals surface area (Å²) in [6.07, 6.45) is 1.12. The monoisotopic (exact) mass is 424 g/mol. The molecule has 6 nitrogen and oxygen atoms in total. The highest BCUT2D eigenvalue weighted by Gasteiger charge is 2.26. The number of carbonyl (C=O) groups excluding carboxylic acids is 3. The van der Waals surface area contributed by atoms with E-state index >= 15 is 0 Å². The van der Waals surface area contributed by atoms with Crippen LogP contribution in [-0.4, -0.2) is 30.4 Å². The summed E-state index contributed by atoms with van der Waals surface area (Å²) < 4.78 is 5.21. The summed E-state index contributed by atoms with van der Waals surface area (Å²) in [6, 6.07) is 16.1. The zero-order valence-electron chi connectivity index (χ0n) is 18.7. The Morgan fingerprint density at radius 3 is 2.19 bits per heavy atom. The third-order valence-corrected chi connectivity index (χ3v) is 5.17. The van der Waals surface area contributed by atoms with Crippen molar-refractivity contribution in [1.82, 2.24) is 5.32 Å². The molecule has 2 amide bonds. The van der Waals surface area contributed by atoms with Crippen LogP contribution in [0.4, 0.5) is 5.69 Å². The van der Waals surface area contributed by atoms with Gasteiger partial charge in [0.15, 0.2) is 6.61 Å². The van der Waals surface area contributed by atoms with Gasteiger partial charge >= 0.3 is 5.97 Å². The Balaban J connectivity index is 1.91. The molecule has 0 radical (unpaired) electrons. The van der Waals surface area contributed by atoms with E-state index in [1.54, 1.807) is 0 Å². The molecule has 2 aromatic rings. The topological polar surface area (TPSA) is 84.5 Å². The number of anilines is 1. The molecule has 0 saturated carbocycles. The third kappa shape index (κ3) is 7.55. The van der Waals surface area contributed by atoms with Gasteiger partial charge in [0.2, 0.25) is 5.91 Å². The van der Waals surface area contributed by atoms with Gasteiger partial charge in [-0.1, -0.05) is 76.2 Å². The van der Waals surface area contributed by atoms with Crippen LogP contribution in [0.25, 0.3) is 0 Å². The number of nitrogens with one attached hydrogen (secondary N) is 2. The van der Waals surface area contributed by atoms with Gasteiger partial charge in [0.1, 0.15) is 6.04 Å². The average molecular weight is 425 g/mol. The van der Waals surface area contributed by atoms with Crippen LogP contribution in [0.5, 0.6) is 0 Å². The Morgan fingerprint density at radius 2 is 1.55 bits per heavy atom. The van der Waals surface area contributed by atoms with Crippen LogP contribution in [-0.2, 0) is 25.5 Å². The second-order valence-corrected chi connectivity index (χ2v) is 8.00. The molecule has 2 aromatic carbocycles. The fourth-order valence-corrected chi connectivity index (χ4v) is 3.18. The molecule has 0 fully saturated rings. The third-order valence-electron chi connectivity index (χ3n) is 5.17. The molecule has 0 aliphatic rings. The number of ether oxygens (including phenoxy) is 1. The predicted molar refractivity (Wildman–Crippen MR) is 122 cm³/mol. The molecule has 166 valence electrons. The van der Waals surface area contributed by atoms with E-state index in [1.165, 1.54) is 0 Å². The number of benzene rings is 2. The van der Waals surface area contributed by atoms with Crippen molar-refractivity contribution in [3.05, 3.63) is 65.7 Å². The van der Waals surface area contributed by atoms with Crippen LogP contribution in [0.3, 0.4) is 0 Å². The minimum Gasteiger partial charge on any atom is -0.454 e. The molecule has 0 aliphatic heterocycles. The average Bonchev–Trinajstić information content (AvgIpc) is 2.76. The van der Waals surface area contributed by atoms with Gasteiger partial charge in [0.05, 0.1) is 6.42 Å². The zero-order valence-corrected chi connectivity index (χ0v) is 18.7. The molecule has 0 heterocycles. The van der Waals surface area contributed by atoms with E-state index in [2.05, 4.69) is 24.5 Å². The van der Waals surface area contributed by atoms with E-state index < -0.39 is 24.5 Å². The van der Waals surface area contributed by atoms with Gasteiger partial charge in [-0.15, -0.1) is 0 Å². The summed E-state index contributed by atoms with van der Waals surface area (Å²) in [5.41, 5.74) is 2.61. The van der Waals surface area contributed by atoms with Gasteiger partial charge in [0, 0.05) is 5.69 Å². The standard InChI is InChI=1S/C25H32N2O4/c1-5-18(4)20-13-9-10-14-21(20)26-23(29)16-31-25(30)24(17(2)3)27-22(28)15-19-11-7-6-8-12-19/h6-14,17-18,24H,5,15-16H2,1-4H3,(H,26,29)(H,27,28)/t18-,24+/m1/s1. The van der Waals surface area contributed by atoms with Crippen LogP contribution in [0, 0.1) is 5.92 Å². The Hall–Kier alpha value is -3.15. The molecule has 31 heavy (non-hydrogen) atoms. The summed E-state index contributed by atoms with van der Waals surface area (Å²) in [5.74, 6) is -1.19. The highest BCUT2D eigenvalue weighted by atomic mass is 16.5. The Labute approximate surface area is 184 Å².